The SMILES string of the molecule is CCCNCc1ccc(SCCC(=O)OC)cc1. The van der Waals surface area contributed by atoms with Crippen molar-refractivity contribution >= 4 is 17.7 Å². The minimum absolute atomic E-state index is 0.150. The Bertz CT molecular complexity index is 351. The van der Waals surface area contributed by atoms with Gasteiger partial charge in [-0.25, -0.2) is 0 Å². The molecule has 0 aromatic heterocycles. The van der Waals surface area contributed by atoms with Crippen molar-refractivity contribution in [1.29, 1.82) is 0 Å². The second kappa shape index (κ2) is 9.00. The van der Waals surface area contributed by atoms with Crippen molar-refractivity contribution < 1.29 is 9.53 Å². The Kier molecular flexibility index (Phi) is 7.53. The van der Waals surface area contributed by atoms with E-state index in [0.29, 0.717) is 6.42 Å². The van der Waals surface area contributed by atoms with Gasteiger partial charge in [0.2, 0.25) is 0 Å². The summed E-state index contributed by atoms with van der Waals surface area (Å²) in [6.45, 7) is 4.13. The van der Waals surface area contributed by atoms with Crippen LogP contribution in [0.4, 0.5) is 0 Å². The average Bonchev–Trinajstić information content (AvgIpc) is 2.40. The first-order valence-electron chi connectivity index (χ1n) is 6.25. The maximum Gasteiger partial charge on any atom is 0.306 e. The number of ether oxygens (including phenoxy) is 1. The number of carbonyl (C=O) groups is 1. The Morgan fingerprint density at radius 1 is 1.33 bits per heavy atom. The molecule has 3 nitrogen and oxygen atoms in total. The highest BCUT2D eigenvalue weighted by atomic mass is 32.2. The molecule has 0 saturated carbocycles. The second-order valence-electron chi connectivity index (χ2n) is 4.00. The monoisotopic (exact) mass is 267 g/mol. The van der Waals surface area contributed by atoms with E-state index in [2.05, 4.69) is 41.2 Å². The molecule has 1 aromatic rings. The van der Waals surface area contributed by atoms with Crippen LogP contribution in [0, 0.1) is 0 Å². The van der Waals surface area contributed by atoms with Crippen LogP contribution in [0.5, 0.6) is 0 Å². The van der Waals surface area contributed by atoms with Gasteiger partial charge >= 0.3 is 5.97 Å². The zero-order chi connectivity index (χ0) is 13.2. The number of rotatable bonds is 8. The first-order valence-corrected chi connectivity index (χ1v) is 7.24. The Morgan fingerprint density at radius 3 is 2.67 bits per heavy atom. The summed E-state index contributed by atoms with van der Waals surface area (Å²) in [7, 11) is 1.42. The normalized spacial score (nSPS) is 10.3. The molecule has 0 saturated heterocycles. The minimum Gasteiger partial charge on any atom is -0.469 e. The van der Waals surface area contributed by atoms with Crippen LogP contribution in [-0.4, -0.2) is 25.4 Å². The number of thioether (sulfide) groups is 1. The summed E-state index contributed by atoms with van der Waals surface area (Å²) in [5, 5.41) is 3.37. The van der Waals surface area contributed by atoms with Crippen LogP contribution in [0.1, 0.15) is 25.3 Å². The van der Waals surface area contributed by atoms with Gasteiger partial charge in [0.15, 0.2) is 0 Å². The first-order chi connectivity index (χ1) is 8.76. The lowest BCUT2D eigenvalue weighted by atomic mass is 10.2. The molecule has 0 aliphatic rings. The number of methoxy groups -OCH3 is 1. The molecule has 0 amide bonds. The van der Waals surface area contributed by atoms with Crippen LogP contribution in [0.15, 0.2) is 29.2 Å². The first kappa shape index (κ1) is 15.1. The van der Waals surface area contributed by atoms with Crippen molar-refractivity contribution in [1.82, 2.24) is 5.32 Å². The highest BCUT2D eigenvalue weighted by Crippen LogP contribution is 2.19. The third kappa shape index (κ3) is 6.07. The molecule has 18 heavy (non-hydrogen) atoms. The number of nitrogens with one attached hydrogen (secondary N) is 1. The quantitative estimate of drug-likeness (QED) is 0.446. The fraction of sp³-hybridized carbons (Fsp3) is 0.500. The molecule has 0 spiro atoms. The molecule has 0 bridgehead atoms. The van der Waals surface area contributed by atoms with Gasteiger partial charge in [-0.05, 0) is 30.7 Å². The minimum atomic E-state index is -0.150. The molecule has 0 radical (unpaired) electrons. The lowest BCUT2D eigenvalue weighted by Gasteiger charge is -2.05. The van der Waals surface area contributed by atoms with Crippen LogP contribution in [0.2, 0.25) is 0 Å². The molecule has 1 aromatic carbocycles. The molecule has 0 aliphatic carbocycles. The van der Waals surface area contributed by atoms with Crippen molar-refractivity contribution in [2.75, 3.05) is 19.4 Å². The molecule has 0 fully saturated rings. The van der Waals surface area contributed by atoms with Crippen molar-refractivity contribution in [2.45, 2.75) is 31.2 Å². The molecule has 1 N–H and O–H groups in total. The fourth-order valence-corrected chi connectivity index (χ4v) is 2.30. The van der Waals surface area contributed by atoms with E-state index in [9.17, 15) is 4.79 Å². The van der Waals surface area contributed by atoms with E-state index in [1.165, 1.54) is 17.6 Å². The Morgan fingerprint density at radius 2 is 2.06 bits per heavy atom. The largest absolute Gasteiger partial charge is 0.469 e. The van der Waals surface area contributed by atoms with E-state index in [4.69, 9.17) is 0 Å². The lowest BCUT2D eigenvalue weighted by molar-refractivity contribution is -0.140. The highest BCUT2D eigenvalue weighted by molar-refractivity contribution is 7.99. The van der Waals surface area contributed by atoms with Crippen LogP contribution in [0.3, 0.4) is 0 Å². The van der Waals surface area contributed by atoms with E-state index in [1.807, 2.05) is 0 Å². The number of hydrogen-bond acceptors (Lipinski definition) is 4. The van der Waals surface area contributed by atoms with Gasteiger partial charge in [-0.3, -0.25) is 4.79 Å². The van der Waals surface area contributed by atoms with Gasteiger partial charge in [0.25, 0.3) is 0 Å². The summed E-state index contributed by atoms with van der Waals surface area (Å²) in [5.74, 6) is 0.614. The van der Waals surface area contributed by atoms with Gasteiger partial charge in [-0.1, -0.05) is 19.1 Å². The summed E-state index contributed by atoms with van der Waals surface area (Å²) in [6.07, 6.45) is 1.61. The molecular formula is C14H21NO2S. The molecule has 0 aliphatic heterocycles. The van der Waals surface area contributed by atoms with Gasteiger partial charge in [0.05, 0.1) is 13.5 Å². The Balaban J connectivity index is 2.29. The molecule has 100 valence electrons. The average molecular weight is 267 g/mol. The third-order valence-corrected chi connectivity index (χ3v) is 3.50. The van der Waals surface area contributed by atoms with Gasteiger partial charge in [-0.2, -0.15) is 0 Å². The molecule has 4 heteroatoms. The predicted molar refractivity (Wildman–Crippen MR) is 75.8 cm³/mol. The van der Waals surface area contributed by atoms with E-state index in [-0.39, 0.29) is 5.97 Å². The number of hydrogen-bond donors (Lipinski definition) is 1. The smallest absolute Gasteiger partial charge is 0.306 e. The molecule has 0 unspecified atom stereocenters. The van der Waals surface area contributed by atoms with E-state index in [0.717, 1.165) is 25.3 Å². The molecule has 0 heterocycles. The van der Waals surface area contributed by atoms with Crippen LogP contribution >= 0.6 is 11.8 Å². The zero-order valence-corrected chi connectivity index (χ0v) is 11.9. The summed E-state index contributed by atoms with van der Waals surface area (Å²) in [4.78, 5) is 12.2. The van der Waals surface area contributed by atoms with Crippen LogP contribution in [0.25, 0.3) is 0 Å². The summed E-state index contributed by atoms with van der Waals surface area (Å²) >= 11 is 1.68. The molecule has 1 rings (SSSR count). The van der Waals surface area contributed by atoms with Gasteiger partial charge in [0.1, 0.15) is 0 Å². The second-order valence-corrected chi connectivity index (χ2v) is 5.16. The maximum atomic E-state index is 11.0. The maximum absolute atomic E-state index is 11.0. The lowest BCUT2D eigenvalue weighted by Crippen LogP contribution is -2.13. The summed E-state index contributed by atoms with van der Waals surface area (Å²) in [6, 6.07) is 8.46. The number of carbonyl (C=O) groups excluding carboxylic acids is 1. The summed E-state index contributed by atoms with van der Waals surface area (Å²) in [5.41, 5.74) is 1.29. The summed E-state index contributed by atoms with van der Waals surface area (Å²) < 4.78 is 4.60. The van der Waals surface area contributed by atoms with E-state index >= 15 is 0 Å². The van der Waals surface area contributed by atoms with Gasteiger partial charge < -0.3 is 10.1 Å². The van der Waals surface area contributed by atoms with E-state index < -0.39 is 0 Å². The number of esters is 1. The third-order valence-electron chi connectivity index (χ3n) is 2.48. The van der Waals surface area contributed by atoms with Crippen molar-refractivity contribution in [2.24, 2.45) is 0 Å². The predicted octanol–water partition coefficient (Wildman–Crippen LogP) is 2.84. The standard InChI is InChI=1S/C14H21NO2S/c1-3-9-15-11-12-4-6-13(7-5-12)18-10-8-14(16)17-2/h4-7,15H,3,8-11H2,1-2H3. The van der Waals surface area contributed by atoms with Crippen LogP contribution < -0.4 is 5.32 Å². The van der Waals surface area contributed by atoms with Crippen molar-refractivity contribution in [3.63, 3.8) is 0 Å². The highest BCUT2D eigenvalue weighted by Gasteiger charge is 2.01. The topological polar surface area (TPSA) is 38.3 Å². The molecule has 0 atom stereocenters. The van der Waals surface area contributed by atoms with Crippen molar-refractivity contribution in [3.05, 3.63) is 29.8 Å². The Labute approximate surface area is 113 Å². The van der Waals surface area contributed by atoms with E-state index in [1.54, 1.807) is 11.8 Å². The number of benzene rings is 1. The van der Waals surface area contributed by atoms with Crippen LogP contribution in [-0.2, 0) is 16.1 Å². The van der Waals surface area contributed by atoms with Gasteiger partial charge in [-0.15, -0.1) is 11.8 Å². The fourth-order valence-electron chi connectivity index (χ4n) is 1.47. The van der Waals surface area contributed by atoms with Gasteiger partial charge in [0, 0.05) is 17.2 Å². The Hall–Kier alpha value is -1.00. The molecular weight excluding hydrogens is 246 g/mol. The van der Waals surface area contributed by atoms with Crippen molar-refractivity contribution in [3.8, 4) is 0 Å². The zero-order valence-electron chi connectivity index (χ0n) is 11.1.